The van der Waals surface area contributed by atoms with Gasteiger partial charge in [0.1, 0.15) is 17.9 Å². The Morgan fingerprint density at radius 2 is 1.81 bits per heavy atom. The minimum atomic E-state index is -0.852. The van der Waals surface area contributed by atoms with Crippen LogP contribution in [-0.2, 0) is 16.2 Å². The third-order valence-electron chi connectivity index (χ3n) is 5.64. The van der Waals surface area contributed by atoms with Crippen molar-refractivity contribution < 1.29 is 24.0 Å². The van der Waals surface area contributed by atoms with Crippen LogP contribution in [0.5, 0.6) is 5.75 Å². The highest BCUT2D eigenvalue weighted by molar-refractivity contribution is 6.39. The number of nitrogens with one attached hydrogen (secondary N) is 1. The molecule has 1 aliphatic heterocycles. The molecule has 0 aromatic heterocycles. The normalized spacial score (nSPS) is 14.7. The number of carbonyl (C=O) groups excluding carboxylic acids is 3. The van der Waals surface area contributed by atoms with Gasteiger partial charge in [0.2, 0.25) is 0 Å². The molecule has 1 saturated heterocycles. The number of nitro benzene ring substituents is 1. The molecule has 182 valence electrons. The standard InChI is InChI=1S/C26H20ClN3O6/c1-15-6-8-20(10-16(15)2)29-25(32)22(24(31)28-26(29)33)13-18-12-19(27)7-9-23(18)36-14-17-4-3-5-21(11-17)30(34)35/h3-13H,14H2,1-2H3,(H,28,31,33)/b22-13+. The molecule has 0 aliphatic carbocycles. The summed E-state index contributed by atoms with van der Waals surface area (Å²) < 4.78 is 5.84. The van der Waals surface area contributed by atoms with E-state index in [1.165, 1.54) is 24.3 Å². The summed E-state index contributed by atoms with van der Waals surface area (Å²) >= 11 is 6.15. The van der Waals surface area contributed by atoms with Gasteiger partial charge >= 0.3 is 6.03 Å². The van der Waals surface area contributed by atoms with Gasteiger partial charge < -0.3 is 4.74 Å². The highest BCUT2D eigenvalue weighted by Gasteiger charge is 2.37. The molecule has 4 amide bonds. The van der Waals surface area contributed by atoms with Crippen LogP contribution in [0.2, 0.25) is 5.02 Å². The number of anilines is 1. The number of amides is 4. The Kier molecular flexibility index (Phi) is 6.84. The zero-order valence-corrected chi connectivity index (χ0v) is 20.0. The topological polar surface area (TPSA) is 119 Å². The predicted octanol–water partition coefficient (Wildman–Crippen LogP) is 5.11. The van der Waals surface area contributed by atoms with Crippen molar-refractivity contribution in [3.63, 3.8) is 0 Å². The molecule has 1 aliphatic rings. The molecule has 3 aromatic carbocycles. The van der Waals surface area contributed by atoms with Crippen LogP contribution in [0.3, 0.4) is 0 Å². The van der Waals surface area contributed by atoms with Crippen LogP contribution in [0.4, 0.5) is 16.2 Å². The second-order valence-corrected chi connectivity index (χ2v) is 8.56. The molecule has 0 radical (unpaired) electrons. The number of halogens is 1. The van der Waals surface area contributed by atoms with Crippen molar-refractivity contribution in [2.24, 2.45) is 0 Å². The lowest BCUT2D eigenvalue weighted by Crippen LogP contribution is -2.54. The van der Waals surface area contributed by atoms with Gasteiger partial charge in [-0.3, -0.25) is 25.0 Å². The molecule has 1 heterocycles. The average molecular weight is 506 g/mol. The Bertz CT molecular complexity index is 1450. The maximum atomic E-state index is 13.3. The van der Waals surface area contributed by atoms with Crippen molar-refractivity contribution in [1.82, 2.24) is 5.32 Å². The van der Waals surface area contributed by atoms with E-state index in [0.717, 1.165) is 16.0 Å². The second kappa shape index (κ2) is 10.0. The number of benzene rings is 3. The van der Waals surface area contributed by atoms with Gasteiger partial charge in [-0.15, -0.1) is 0 Å². The van der Waals surface area contributed by atoms with Crippen LogP contribution < -0.4 is 15.0 Å². The smallest absolute Gasteiger partial charge is 0.335 e. The summed E-state index contributed by atoms with van der Waals surface area (Å²) in [5.74, 6) is -1.36. The summed E-state index contributed by atoms with van der Waals surface area (Å²) in [6.07, 6.45) is 1.30. The first-order valence-electron chi connectivity index (χ1n) is 10.8. The molecule has 9 nitrogen and oxygen atoms in total. The van der Waals surface area contributed by atoms with E-state index in [4.69, 9.17) is 16.3 Å². The lowest BCUT2D eigenvalue weighted by molar-refractivity contribution is -0.384. The van der Waals surface area contributed by atoms with Crippen LogP contribution in [0.15, 0.2) is 66.2 Å². The van der Waals surface area contributed by atoms with Gasteiger partial charge in [0.15, 0.2) is 0 Å². The van der Waals surface area contributed by atoms with Crippen molar-refractivity contribution in [3.05, 3.63) is 104 Å². The summed E-state index contributed by atoms with van der Waals surface area (Å²) in [6.45, 7) is 3.75. The van der Waals surface area contributed by atoms with Gasteiger partial charge in [-0.25, -0.2) is 9.69 Å². The zero-order chi connectivity index (χ0) is 26.0. The highest BCUT2D eigenvalue weighted by Crippen LogP contribution is 2.29. The molecule has 0 saturated carbocycles. The fourth-order valence-electron chi connectivity index (χ4n) is 3.60. The maximum Gasteiger partial charge on any atom is 0.335 e. The van der Waals surface area contributed by atoms with E-state index in [1.54, 1.807) is 42.5 Å². The lowest BCUT2D eigenvalue weighted by Gasteiger charge is -2.27. The Morgan fingerprint density at radius 3 is 2.53 bits per heavy atom. The highest BCUT2D eigenvalue weighted by atomic mass is 35.5. The monoisotopic (exact) mass is 505 g/mol. The Labute approximate surface area is 211 Å². The van der Waals surface area contributed by atoms with Gasteiger partial charge in [-0.1, -0.05) is 29.8 Å². The van der Waals surface area contributed by atoms with Gasteiger partial charge in [-0.2, -0.15) is 0 Å². The minimum absolute atomic E-state index is 0.00706. The average Bonchev–Trinajstić information content (AvgIpc) is 2.83. The largest absolute Gasteiger partial charge is 0.488 e. The van der Waals surface area contributed by atoms with Gasteiger partial charge in [0.05, 0.1) is 10.6 Å². The van der Waals surface area contributed by atoms with Gasteiger partial charge in [0.25, 0.3) is 17.5 Å². The quantitative estimate of drug-likeness (QED) is 0.215. The van der Waals surface area contributed by atoms with Crippen LogP contribution in [0.1, 0.15) is 22.3 Å². The first-order chi connectivity index (χ1) is 17.1. The summed E-state index contributed by atoms with van der Waals surface area (Å²) in [5.41, 5.74) is 2.70. The van der Waals surface area contributed by atoms with E-state index in [1.807, 2.05) is 13.8 Å². The Morgan fingerprint density at radius 1 is 1.03 bits per heavy atom. The Hall–Kier alpha value is -4.50. The zero-order valence-electron chi connectivity index (χ0n) is 19.3. The summed E-state index contributed by atoms with van der Waals surface area (Å²) in [7, 11) is 0. The van der Waals surface area contributed by atoms with E-state index < -0.39 is 22.8 Å². The van der Waals surface area contributed by atoms with Crippen LogP contribution in [-0.4, -0.2) is 22.8 Å². The molecule has 10 heteroatoms. The number of hydrogen-bond acceptors (Lipinski definition) is 6. The number of hydrogen-bond donors (Lipinski definition) is 1. The second-order valence-electron chi connectivity index (χ2n) is 8.12. The number of nitrogens with zero attached hydrogens (tertiary/aromatic N) is 2. The van der Waals surface area contributed by atoms with Crippen LogP contribution in [0, 0.1) is 24.0 Å². The van der Waals surface area contributed by atoms with E-state index in [2.05, 4.69) is 5.32 Å². The fraction of sp³-hybridized carbons (Fsp3) is 0.115. The van der Waals surface area contributed by atoms with Crippen molar-refractivity contribution in [3.8, 4) is 5.75 Å². The third kappa shape index (κ3) is 5.11. The number of aryl methyl sites for hydroxylation is 2. The maximum absolute atomic E-state index is 13.3. The first-order valence-corrected chi connectivity index (χ1v) is 11.2. The molecular weight excluding hydrogens is 486 g/mol. The van der Waals surface area contributed by atoms with Crippen molar-refractivity contribution in [2.45, 2.75) is 20.5 Å². The van der Waals surface area contributed by atoms with E-state index in [0.29, 0.717) is 21.8 Å². The molecule has 0 spiro atoms. The first kappa shape index (κ1) is 24.6. The molecule has 36 heavy (non-hydrogen) atoms. The molecule has 0 bridgehead atoms. The number of rotatable bonds is 6. The number of imide groups is 2. The Balaban J connectivity index is 1.67. The molecule has 0 atom stereocenters. The minimum Gasteiger partial charge on any atom is -0.488 e. The number of carbonyl (C=O) groups is 3. The molecule has 1 fully saturated rings. The number of barbiturate groups is 1. The van der Waals surface area contributed by atoms with E-state index >= 15 is 0 Å². The third-order valence-corrected chi connectivity index (χ3v) is 5.87. The van der Waals surface area contributed by atoms with Crippen LogP contribution >= 0.6 is 11.6 Å². The predicted molar refractivity (Wildman–Crippen MR) is 134 cm³/mol. The van der Waals surface area contributed by atoms with Crippen molar-refractivity contribution in [2.75, 3.05) is 4.90 Å². The molecule has 0 unspecified atom stereocenters. The summed E-state index contributed by atoms with van der Waals surface area (Å²) in [6, 6.07) is 14.9. The number of nitro groups is 1. The molecule has 3 aromatic rings. The molecular formula is C26H20ClN3O6. The lowest BCUT2D eigenvalue weighted by atomic mass is 10.0. The molecule has 4 rings (SSSR count). The molecule has 1 N–H and O–H groups in total. The van der Waals surface area contributed by atoms with Crippen molar-refractivity contribution >= 4 is 46.9 Å². The van der Waals surface area contributed by atoms with E-state index in [-0.39, 0.29) is 23.6 Å². The van der Waals surface area contributed by atoms with Crippen LogP contribution in [0.25, 0.3) is 6.08 Å². The van der Waals surface area contributed by atoms with Gasteiger partial charge in [-0.05, 0) is 66.9 Å². The summed E-state index contributed by atoms with van der Waals surface area (Å²) in [4.78, 5) is 49.8. The SMILES string of the molecule is Cc1ccc(N2C(=O)NC(=O)/C(=C\c3cc(Cl)ccc3OCc3cccc([N+](=O)[O-])c3)C2=O)cc1C. The number of urea groups is 1. The van der Waals surface area contributed by atoms with Crippen molar-refractivity contribution in [1.29, 1.82) is 0 Å². The fourth-order valence-corrected chi connectivity index (χ4v) is 3.78. The number of non-ortho nitro benzene ring substituents is 1. The van der Waals surface area contributed by atoms with E-state index in [9.17, 15) is 24.5 Å². The van der Waals surface area contributed by atoms with Gasteiger partial charge in [0, 0.05) is 22.7 Å². The summed E-state index contributed by atoms with van der Waals surface area (Å²) in [5, 5.41) is 13.6. The number of ether oxygens (including phenoxy) is 1.